The number of ether oxygens (including phenoxy) is 1. The van der Waals surface area contributed by atoms with Crippen molar-refractivity contribution in [2.24, 2.45) is 16.6 Å². The van der Waals surface area contributed by atoms with Crippen LogP contribution in [0.1, 0.15) is 31.2 Å². The van der Waals surface area contributed by atoms with E-state index in [0.717, 1.165) is 28.9 Å². The number of benzene rings is 2. The third-order valence-corrected chi connectivity index (χ3v) is 6.24. The summed E-state index contributed by atoms with van der Waals surface area (Å²) in [7, 11) is 1.68. The van der Waals surface area contributed by atoms with Gasteiger partial charge in [0.15, 0.2) is 11.5 Å². The largest absolute Gasteiger partial charge is 0.490 e. The molecule has 0 saturated heterocycles. The molecule has 1 spiro atoms. The van der Waals surface area contributed by atoms with E-state index in [1.54, 1.807) is 7.05 Å². The second-order valence-corrected chi connectivity index (χ2v) is 8.48. The van der Waals surface area contributed by atoms with Crippen LogP contribution in [0.3, 0.4) is 0 Å². The molecule has 3 aliphatic rings. The van der Waals surface area contributed by atoms with Crippen molar-refractivity contribution in [3.63, 3.8) is 0 Å². The van der Waals surface area contributed by atoms with Crippen LogP contribution in [0.25, 0.3) is 11.1 Å². The minimum atomic E-state index is -0.999. The molecule has 2 aliphatic heterocycles. The summed E-state index contributed by atoms with van der Waals surface area (Å²) in [4.78, 5) is 19.4. The van der Waals surface area contributed by atoms with Crippen molar-refractivity contribution in [2.75, 3.05) is 7.05 Å². The molecule has 2 heterocycles. The number of nitrogens with zero attached hydrogens (tertiary/aromatic N) is 2. The average molecular weight is 396 g/mol. The smallest absolute Gasteiger partial charge is 0.261 e. The third-order valence-electron chi connectivity index (χ3n) is 6.00. The van der Waals surface area contributed by atoms with E-state index in [1.165, 1.54) is 17.7 Å². The minimum Gasteiger partial charge on any atom is -0.490 e. The maximum Gasteiger partial charge on any atom is 0.261 e. The molecule has 2 atom stereocenters. The van der Waals surface area contributed by atoms with Gasteiger partial charge in [-0.1, -0.05) is 42.6 Å². The Kier molecular flexibility index (Phi) is 3.91. The van der Waals surface area contributed by atoms with Gasteiger partial charge in [0.2, 0.25) is 0 Å². The fourth-order valence-electron chi connectivity index (χ4n) is 4.33. The van der Waals surface area contributed by atoms with Gasteiger partial charge in [0.25, 0.3) is 5.91 Å². The summed E-state index contributed by atoms with van der Waals surface area (Å²) in [6.07, 6.45) is 3.95. The average Bonchev–Trinajstić information content (AvgIpc) is 3.47. The molecule has 0 aromatic heterocycles. The first kappa shape index (κ1) is 17.6. The molecule has 1 aliphatic carbocycles. The predicted octanol–water partition coefficient (Wildman–Crippen LogP) is 3.94. The normalized spacial score (nSPS) is 26.2. The van der Waals surface area contributed by atoms with Crippen LogP contribution in [-0.4, -0.2) is 29.9 Å². The lowest BCUT2D eigenvalue weighted by Crippen LogP contribution is -2.45. The van der Waals surface area contributed by atoms with Crippen LogP contribution in [0.15, 0.2) is 47.5 Å². The Bertz CT molecular complexity index is 1000. The Labute approximate surface area is 169 Å². The van der Waals surface area contributed by atoms with Gasteiger partial charge in [-0.25, -0.2) is 4.99 Å². The number of nitrogens with two attached hydrogens (primary N) is 1. The van der Waals surface area contributed by atoms with Crippen molar-refractivity contribution in [1.29, 1.82) is 0 Å². The van der Waals surface area contributed by atoms with Crippen LogP contribution in [0.5, 0.6) is 5.75 Å². The molecule has 1 unspecified atom stereocenters. The van der Waals surface area contributed by atoms with Crippen molar-refractivity contribution >= 4 is 23.5 Å². The third kappa shape index (κ3) is 2.76. The van der Waals surface area contributed by atoms with E-state index in [9.17, 15) is 4.79 Å². The maximum absolute atomic E-state index is 13.3. The Morgan fingerprint density at radius 2 is 2.04 bits per heavy atom. The molecule has 1 fully saturated rings. The summed E-state index contributed by atoms with van der Waals surface area (Å²) in [6, 6.07) is 13.6. The first-order valence-corrected chi connectivity index (χ1v) is 10.0. The van der Waals surface area contributed by atoms with Gasteiger partial charge in [-0.3, -0.25) is 9.69 Å². The van der Waals surface area contributed by atoms with Gasteiger partial charge >= 0.3 is 0 Å². The number of aliphatic imine (C=N–C) groups is 1. The highest BCUT2D eigenvalue weighted by Crippen LogP contribution is 2.49. The zero-order valence-electron chi connectivity index (χ0n) is 15.7. The molecule has 5 rings (SSSR count). The molecule has 5 nitrogen and oxygen atoms in total. The quantitative estimate of drug-likeness (QED) is 0.855. The summed E-state index contributed by atoms with van der Waals surface area (Å²) in [5.41, 5.74) is 7.80. The van der Waals surface area contributed by atoms with Crippen LogP contribution >= 0.6 is 11.6 Å². The van der Waals surface area contributed by atoms with Gasteiger partial charge in [-0.05, 0) is 47.7 Å². The Hall–Kier alpha value is -2.53. The Balaban J connectivity index is 1.63. The number of carbonyl (C=O) groups is 1. The molecule has 6 heteroatoms. The second-order valence-electron chi connectivity index (χ2n) is 8.04. The fraction of sp³-hybridized carbons (Fsp3) is 0.364. The number of likely N-dealkylation sites (N-methyl/N-ethyl adjacent to an activating group) is 1. The van der Waals surface area contributed by atoms with E-state index < -0.39 is 5.54 Å². The van der Waals surface area contributed by atoms with Gasteiger partial charge in [-0.2, -0.15) is 0 Å². The molecule has 1 amide bonds. The van der Waals surface area contributed by atoms with Gasteiger partial charge in [0, 0.05) is 24.1 Å². The molecule has 28 heavy (non-hydrogen) atoms. The molecular formula is C22H22ClN3O2. The highest BCUT2D eigenvalue weighted by atomic mass is 35.5. The number of guanidine groups is 1. The van der Waals surface area contributed by atoms with Crippen molar-refractivity contribution in [1.82, 2.24) is 4.90 Å². The van der Waals surface area contributed by atoms with Crippen molar-refractivity contribution in [3.8, 4) is 16.9 Å². The first-order chi connectivity index (χ1) is 13.5. The van der Waals surface area contributed by atoms with Gasteiger partial charge in [-0.15, -0.1) is 0 Å². The van der Waals surface area contributed by atoms with E-state index in [4.69, 9.17) is 22.1 Å². The fourth-order valence-corrected chi connectivity index (χ4v) is 4.52. The number of fused-ring (bicyclic) bond motifs is 2. The molecule has 0 radical (unpaired) electrons. The monoisotopic (exact) mass is 395 g/mol. The highest BCUT2D eigenvalue weighted by molar-refractivity contribution is 6.30. The molecule has 0 bridgehead atoms. The maximum atomic E-state index is 13.3. The molecule has 2 aromatic carbocycles. The van der Waals surface area contributed by atoms with Crippen LogP contribution in [0.2, 0.25) is 5.02 Å². The molecular weight excluding hydrogens is 374 g/mol. The summed E-state index contributed by atoms with van der Waals surface area (Å²) in [5, 5.41) is 0.671. The van der Waals surface area contributed by atoms with Crippen LogP contribution in [-0.2, 0) is 10.3 Å². The zero-order valence-corrected chi connectivity index (χ0v) is 16.4. The van der Waals surface area contributed by atoms with Crippen molar-refractivity contribution < 1.29 is 9.53 Å². The van der Waals surface area contributed by atoms with Crippen molar-refractivity contribution in [3.05, 3.63) is 53.1 Å². The summed E-state index contributed by atoms with van der Waals surface area (Å²) >= 11 is 6.17. The van der Waals surface area contributed by atoms with Crippen LogP contribution < -0.4 is 10.5 Å². The lowest BCUT2D eigenvalue weighted by molar-refractivity contribution is -0.132. The Morgan fingerprint density at radius 3 is 2.71 bits per heavy atom. The van der Waals surface area contributed by atoms with E-state index in [-0.39, 0.29) is 18.0 Å². The van der Waals surface area contributed by atoms with Gasteiger partial charge < -0.3 is 10.5 Å². The van der Waals surface area contributed by atoms with Gasteiger partial charge in [0.1, 0.15) is 11.9 Å². The van der Waals surface area contributed by atoms with E-state index >= 15 is 0 Å². The SMILES string of the molecule is CN1C(=O)C2(C[C@H](CC3CC3)Oc3ccc(-c4cccc(Cl)c4)cc32)N=C1N. The van der Waals surface area contributed by atoms with Crippen molar-refractivity contribution in [2.45, 2.75) is 37.3 Å². The number of hydrogen-bond acceptors (Lipinski definition) is 4. The minimum absolute atomic E-state index is 0.0241. The summed E-state index contributed by atoms with van der Waals surface area (Å²) in [6.45, 7) is 0. The second kappa shape index (κ2) is 6.24. The van der Waals surface area contributed by atoms with Gasteiger partial charge in [0.05, 0.1) is 0 Å². The molecule has 2 N–H and O–H groups in total. The summed E-state index contributed by atoms with van der Waals surface area (Å²) in [5.74, 6) is 1.60. The molecule has 1 saturated carbocycles. The lowest BCUT2D eigenvalue weighted by atomic mass is 9.79. The summed E-state index contributed by atoms with van der Waals surface area (Å²) < 4.78 is 6.30. The number of halogens is 1. The standard InChI is InChI=1S/C22H22ClN3O2/c1-26-20(27)22(25-21(26)24)12-17(9-13-5-6-13)28-19-8-7-15(11-18(19)22)14-3-2-4-16(23)10-14/h2-4,7-8,10-11,13,17H,5-6,9,12H2,1H3,(H2,24,25)/t17-,22?/m0/s1. The zero-order chi connectivity index (χ0) is 19.5. The number of amides is 1. The number of carbonyl (C=O) groups excluding carboxylic acids is 1. The predicted molar refractivity (Wildman–Crippen MR) is 109 cm³/mol. The molecule has 144 valence electrons. The number of hydrogen-bond donors (Lipinski definition) is 1. The number of rotatable bonds is 3. The molecule has 2 aromatic rings. The topological polar surface area (TPSA) is 67.9 Å². The Morgan fingerprint density at radius 1 is 1.25 bits per heavy atom. The highest BCUT2D eigenvalue weighted by Gasteiger charge is 2.53. The van der Waals surface area contributed by atoms with Crippen LogP contribution in [0.4, 0.5) is 0 Å². The first-order valence-electron chi connectivity index (χ1n) is 9.67. The van der Waals surface area contributed by atoms with E-state index in [2.05, 4.69) is 4.99 Å². The van der Waals surface area contributed by atoms with Crippen LogP contribution in [0, 0.1) is 5.92 Å². The lowest BCUT2D eigenvalue weighted by Gasteiger charge is -2.37. The van der Waals surface area contributed by atoms with E-state index in [0.29, 0.717) is 17.4 Å². The van der Waals surface area contributed by atoms with E-state index in [1.807, 2.05) is 42.5 Å².